The number of ether oxygens (including phenoxy) is 1. The third-order valence-electron chi connectivity index (χ3n) is 8.38. The van der Waals surface area contributed by atoms with Gasteiger partial charge in [-0.2, -0.15) is 10.4 Å². The normalized spacial score (nSPS) is 15.9. The predicted molar refractivity (Wildman–Crippen MR) is 158 cm³/mol. The van der Waals surface area contributed by atoms with Crippen LogP contribution < -0.4 is 10.1 Å². The minimum absolute atomic E-state index is 0.0188. The van der Waals surface area contributed by atoms with Crippen LogP contribution in [-0.2, 0) is 29.3 Å². The number of rotatable bonds is 11. The highest BCUT2D eigenvalue weighted by Crippen LogP contribution is 2.49. The van der Waals surface area contributed by atoms with Crippen LogP contribution in [0, 0.1) is 11.3 Å². The summed E-state index contributed by atoms with van der Waals surface area (Å²) in [6.45, 7) is 3.19. The quantitative estimate of drug-likeness (QED) is 0.338. The van der Waals surface area contributed by atoms with Gasteiger partial charge in [-0.3, -0.25) is 14.3 Å². The van der Waals surface area contributed by atoms with E-state index in [1.54, 1.807) is 48.4 Å². The Morgan fingerprint density at radius 2 is 1.79 bits per heavy atom. The van der Waals surface area contributed by atoms with Crippen LogP contribution in [0.5, 0.6) is 5.75 Å². The number of amides is 2. The Balaban J connectivity index is 1.44. The molecule has 226 valence electrons. The maximum absolute atomic E-state index is 14.0. The van der Waals surface area contributed by atoms with Crippen molar-refractivity contribution < 1.29 is 27.9 Å². The van der Waals surface area contributed by atoms with E-state index in [2.05, 4.69) is 16.5 Å². The number of hydrogen-bond donors (Lipinski definition) is 2. The van der Waals surface area contributed by atoms with Crippen molar-refractivity contribution in [3.63, 3.8) is 0 Å². The fourth-order valence-corrected chi connectivity index (χ4v) is 7.77. The Bertz CT molecular complexity index is 1680. The summed E-state index contributed by atoms with van der Waals surface area (Å²) in [5.74, 6) is -0.129. The summed E-state index contributed by atoms with van der Waals surface area (Å²) in [7, 11) is -2.18. The lowest BCUT2D eigenvalue weighted by Crippen LogP contribution is -2.51. The van der Waals surface area contributed by atoms with Gasteiger partial charge < -0.3 is 20.1 Å². The number of aliphatic hydroxyl groups excluding tert-OH is 1. The summed E-state index contributed by atoms with van der Waals surface area (Å²) in [5.41, 5.74) is 3.11. The summed E-state index contributed by atoms with van der Waals surface area (Å²) < 4.78 is 31.3. The zero-order chi connectivity index (χ0) is 31.0. The van der Waals surface area contributed by atoms with Crippen molar-refractivity contribution in [1.82, 2.24) is 20.0 Å². The molecule has 0 bridgehead atoms. The van der Waals surface area contributed by atoms with Crippen LogP contribution in [0.1, 0.15) is 69.9 Å². The molecule has 0 unspecified atom stereocenters. The third kappa shape index (κ3) is 5.62. The number of nitrogens with one attached hydrogen (secondary N) is 1. The number of methoxy groups -OCH3 is 1. The summed E-state index contributed by atoms with van der Waals surface area (Å²) in [4.78, 5) is 28.9. The van der Waals surface area contributed by atoms with Crippen molar-refractivity contribution in [3.05, 3.63) is 82.2 Å². The number of carbonyl (C=O) groups is 2. The second-order valence-corrected chi connectivity index (χ2v) is 14.7. The van der Waals surface area contributed by atoms with Gasteiger partial charge in [-0.15, -0.1) is 0 Å². The number of aromatic nitrogens is 2. The SMILES string of the molecule is COc1ccc(Cn2nc(C(=O)NCc3ccc(C#N)cc3)c3c2C(=O)N(CC2(S(=O)(=O)C(C)(C)CO)CC2)CC3)cc1. The van der Waals surface area contributed by atoms with Gasteiger partial charge in [0.2, 0.25) is 0 Å². The molecule has 1 saturated carbocycles. The Hall–Kier alpha value is -4.21. The van der Waals surface area contributed by atoms with Gasteiger partial charge in [0.05, 0.1) is 41.4 Å². The highest BCUT2D eigenvalue weighted by Gasteiger charge is 2.60. The first-order valence-corrected chi connectivity index (χ1v) is 15.6. The number of aliphatic hydroxyl groups is 1. The summed E-state index contributed by atoms with van der Waals surface area (Å²) >= 11 is 0. The van der Waals surface area contributed by atoms with E-state index in [9.17, 15) is 23.1 Å². The van der Waals surface area contributed by atoms with Crippen molar-refractivity contribution >= 4 is 21.7 Å². The maximum atomic E-state index is 14.0. The molecule has 2 aromatic carbocycles. The van der Waals surface area contributed by atoms with Gasteiger partial charge in [0, 0.05) is 25.2 Å². The maximum Gasteiger partial charge on any atom is 0.272 e. The van der Waals surface area contributed by atoms with E-state index in [1.165, 1.54) is 18.5 Å². The van der Waals surface area contributed by atoms with Crippen LogP contribution in [0.4, 0.5) is 0 Å². The fourth-order valence-electron chi connectivity index (χ4n) is 5.46. The van der Waals surface area contributed by atoms with E-state index in [4.69, 9.17) is 10.00 Å². The predicted octanol–water partition coefficient (Wildman–Crippen LogP) is 2.46. The minimum Gasteiger partial charge on any atom is -0.497 e. The van der Waals surface area contributed by atoms with E-state index in [-0.39, 0.29) is 43.5 Å². The second-order valence-electron chi connectivity index (χ2n) is 11.8. The van der Waals surface area contributed by atoms with Gasteiger partial charge in [-0.25, -0.2) is 8.42 Å². The fraction of sp³-hybridized carbons (Fsp3) is 0.419. The molecule has 5 rings (SSSR count). The molecule has 3 aromatic rings. The number of nitrogens with zero attached hydrogens (tertiary/aromatic N) is 4. The molecule has 2 N–H and O–H groups in total. The average Bonchev–Trinajstić information content (AvgIpc) is 3.72. The largest absolute Gasteiger partial charge is 0.497 e. The minimum atomic E-state index is -3.75. The molecule has 1 aliphatic heterocycles. The molecule has 12 heteroatoms. The van der Waals surface area contributed by atoms with Crippen molar-refractivity contribution in [2.45, 2.75) is 55.7 Å². The first-order chi connectivity index (χ1) is 20.4. The van der Waals surface area contributed by atoms with Crippen LogP contribution in [-0.4, -0.2) is 76.3 Å². The van der Waals surface area contributed by atoms with Crippen molar-refractivity contribution in [1.29, 1.82) is 5.26 Å². The summed E-state index contributed by atoms with van der Waals surface area (Å²) in [6.07, 6.45) is 1.18. The zero-order valence-corrected chi connectivity index (χ0v) is 25.3. The molecule has 0 spiro atoms. The number of sulfone groups is 1. The van der Waals surface area contributed by atoms with E-state index in [0.29, 0.717) is 36.1 Å². The van der Waals surface area contributed by atoms with E-state index in [1.807, 2.05) is 12.1 Å². The van der Waals surface area contributed by atoms with Crippen molar-refractivity contribution in [2.75, 3.05) is 26.8 Å². The molecule has 0 saturated heterocycles. The van der Waals surface area contributed by atoms with Gasteiger partial charge in [0.25, 0.3) is 11.8 Å². The lowest BCUT2D eigenvalue weighted by molar-refractivity contribution is 0.0723. The Morgan fingerprint density at radius 3 is 2.37 bits per heavy atom. The highest BCUT2D eigenvalue weighted by atomic mass is 32.2. The third-order valence-corrected chi connectivity index (χ3v) is 11.6. The molecule has 1 fully saturated rings. The van der Waals surface area contributed by atoms with Crippen LogP contribution >= 0.6 is 0 Å². The first-order valence-electron chi connectivity index (χ1n) is 14.1. The molecule has 2 amide bonds. The molecule has 0 atom stereocenters. The van der Waals surface area contributed by atoms with Gasteiger partial charge in [0.15, 0.2) is 15.5 Å². The zero-order valence-electron chi connectivity index (χ0n) is 24.5. The smallest absolute Gasteiger partial charge is 0.272 e. The molecule has 1 aliphatic carbocycles. The number of benzene rings is 2. The Kier molecular flexibility index (Phi) is 8.07. The van der Waals surface area contributed by atoms with Crippen molar-refractivity contribution in [3.8, 4) is 11.8 Å². The molecule has 11 nitrogen and oxygen atoms in total. The molecule has 43 heavy (non-hydrogen) atoms. The number of fused-ring (bicyclic) bond motifs is 1. The number of carbonyl (C=O) groups excluding carboxylic acids is 2. The Morgan fingerprint density at radius 1 is 1.14 bits per heavy atom. The van der Waals surface area contributed by atoms with Gasteiger partial charge in [0.1, 0.15) is 11.4 Å². The topological polar surface area (TPSA) is 155 Å². The summed E-state index contributed by atoms with van der Waals surface area (Å²) in [5, 5.41) is 26.3. The highest BCUT2D eigenvalue weighted by molar-refractivity contribution is 7.94. The monoisotopic (exact) mass is 605 g/mol. The standard InChI is InChI=1S/C31H35N5O6S/c1-30(2,20-37)43(40,41)31(13-14-31)19-35-15-12-25-26(28(38)33-17-22-6-4-21(16-32)5-7-22)34-36(27(25)29(35)39)18-23-8-10-24(42-3)11-9-23/h4-11,37H,12-15,17-20H2,1-3H3,(H,33,38). The molecular formula is C31H35N5O6S. The second kappa shape index (κ2) is 11.5. The summed E-state index contributed by atoms with van der Waals surface area (Å²) in [6, 6.07) is 16.2. The van der Waals surface area contributed by atoms with E-state index >= 15 is 0 Å². The number of hydrogen-bond acceptors (Lipinski definition) is 8. The van der Waals surface area contributed by atoms with Crippen LogP contribution in [0.3, 0.4) is 0 Å². The van der Waals surface area contributed by atoms with Crippen LogP contribution in [0.25, 0.3) is 0 Å². The molecule has 0 radical (unpaired) electrons. The van der Waals surface area contributed by atoms with E-state index < -0.39 is 31.8 Å². The van der Waals surface area contributed by atoms with Gasteiger partial charge in [-0.1, -0.05) is 24.3 Å². The van der Waals surface area contributed by atoms with Gasteiger partial charge >= 0.3 is 0 Å². The number of nitriles is 1. The van der Waals surface area contributed by atoms with Crippen molar-refractivity contribution in [2.24, 2.45) is 0 Å². The van der Waals surface area contributed by atoms with Crippen LogP contribution in [0.2, 0.25) is 0 Å². The first kappa shape index (κ1) is 30.3. The van der Waals surface area contributed by atoms with Crippen LogP contribution in [0.15, 0.2) is 48.5 Å². The lowest BCUT2D eigenvalue weighted by Gasteiger charge is -2.34. The average molecular weight is 606 g/mol. The molecule has 2 heterocycles. The van der Waals surface area contributed by atoms with Gasteiger partial charge in [-0.05, 0) is 68.5 Å². The molecular weight excluding hydrogens is 570 g/mol. The lowest BCUT2D eigenvalue weighted by atomic mass is 10.0. The Labute approximate surface area is 251 Å². The molecule has 2 aliphatic rings. The van der Waals surface area contributed by atoms with E-state index in [0.717, 1.165) is 11.1 Å². The molecule has 1 aromatic heterocycles.